The molecule has 24 heavy (non-hydrogen) atoms. The van der Waals surface area contributed by atoms with Gasteiger partial charge >= 0.3 is 0 Å². The minimum absolute atomic E-state index is 0.000517. The molecule has 1 atom stereocenters. The Bertz CT molecular complexity index is 680. The van der Waals surface area contributed by atoms with Crippen LogP contribution in [0.1, 0.15) is 18.0 Å². The number of piperazine rings is 1. The van der Waals surface area contributed by atoms with Gasteiger partial charge in [-0.1, -0.05) is 29.8 Å². The van der Waals surface area contributed by atoms with E-state index >= 15 is 0 Å². The predicted molar refractivity (Wildman–Crippen MR) is 96.1 cm³/mol. The molecule has 3 rings (SSSR count). The van der Waals surface area contributed by atoms with Crippen LogP contribution >= 0.6 is 11.6 Å². The van der Waals surface area contributed by atoms with Gasteiger partial charge in [-0.15, -0.1) is 0 Å². The molecule has 1 amide bonds. The van der Waals surface area contributed by atoms with Crippen molar-refractivity contribution in [3.8, 4) is 0 Å². The van der Waals surface area contributed by atoms with E-state index in [1.165, 1.54) is 0 Å². The smallest absolute Gasteiger partial charge is 0.225 e. The molecule has 1 unspecified atom stereocenters. The number of hydrogen-bond acceptors (Lipinski definition) is 4. The summed E-state index contributed by atoms with van der Waals surface area (Å²) < 4.78 is 0. The monoisotopic (exact) mass is 344 g/mol. The molecule has 0 spiro atoms. The van der Waals surface area contributed by atoms with Gasteiger partial charge in [0.25, 0.3) is 0 Å². The third-order valence-corrected chi connectivity index (χ3v) is 4.53. The van der Waals surface area contributed by atoms with E-state index in [9.17, 15) is 4.79 Å². The number of benzene rings is 1. The summed E-state index contributed by atoms with van der Waals surface area (Å²) in [5.41, 5.74) is 1.84. The van der Waals surface area contributed by atoms with Crippen LogP contribution in [0, 0.1) is 0 Å². The second-order valence-corrected chi connectivity index (χ2v) is 6.22. The fraction of sp³-hybridized carbons (Fsp3) is 0.333. The van der Waals surface area contributed by atoms with Crippen molar-refractivity contribution >= 4 is 23.2 Å². The van der Waals surface area contributed by atoms with Gasteiger partial charge in [-0.25, -0.2) is 0 Å². The van der Waals surface area contributed by atoms with E-state index < -0.39 is 0 Å². The topological polar surface area (TPSA) is 57.3 Å². The highest BCUT2D eigenvalue weighted by Crippen LogP contribution is 2.28. The summed E-state index contributed by atoms with van der Waals surface area (Å²) in [4.78, 5) is 18.5. The zero-order valence-electron chi connectivity index (χ0n) is 13.4. The molecule has 2 heterocycles. The normalized spacial score (nSPS) is 18.3. The van der Waals surface area contributed by atoms with E-state index in [2.05, 4.69) is 26.6 Å². The van der Waals surface area contributed by atoms with E-state index in [4.69, 9.17) is 11.6 Å². The summed E-state index contributed by atoms with van der Waals surface area (Å²) in [5.74, 6) is -0.000517. The molecule has 1 fully saturated rings. The van der Waals surface area contributed by atoms with Crippen LogP contribution in [0.25, 0.3) is 0 Å². The van der Waals surface area contributed by atoms with Crippen LogP contribution in [0.5, 0.6) is 0 Å². The van der Waals surface area contributed by atoms with Crippen LogP contribution < -0.4 is 10.6 Å². The van der Waals surface area contributed by atoms with Gasteiger partial charge in [-0.3, -0.25) is 14.7 Å². The fourth-order valence-electron chi connectivity index (χ4n) is 2.97. The lowest BCUT2D eigenvalue weighted by atomic mass is 10.0. The minimum Gasteiger partial charge on any atom is -0.325 e. The highest BCUT2D eigenvalue weighted by molar-refractivity contribution is 6.31. The number of rotatable bonds is 5. The third kappa shape index (κ3) is 4.32. The Morgan fingerprint density at radius 3 is 3.00 bits per heavy atom. The third-order valence-electron chi connectivity index (χ3n) is 4.19. The van der Waals surface area contributed by atoms with Crippen LogP contribution in [0.2, 0.25) is 5.02 Å². The number of carbonyl (C=O) groups excluding carboxylic acids is 1. The first-order chi connectivity index (χ1) is 11.7. The Balaban J connectivity index is 1.60. The molecule has 1 aliphatic heterocycles. The van der Waals surface area contributed by atoms with Crippen LogP contribution in [0.15, 0.2) is 48.8 Å². The van der Waals surface area contributed by atoms with Gasteiger partial charge in [0.15, 0.2) is 0 Å². The summed E-state index contributed by atoms with van der Waals surface area (Å²) in [7, 11) is 0. The van der Waals surface area contributed by atoms with Crippen molar-refractivity contribution in [2.75, 3.05) is 31.5 Å². The second kappa shape index (κ2) is 8.24. The number of anilines is 1. The number of halogens is 1. The lowest BCUT2D eigenvalue weighted by Gasteiger charge is -2.36. The molecule has 0 bridgehead atoms. The first kappa shape index (κ1) is 16.9. The van der Waals surface area contributed by atoms with Crippen molar-refractivity contribution in [1.29, 1.82) is 0 Å². The van der Waals surface area contributed by atoms with Crippen molar-refractivity contribution in [2.24, 2.45) is 0 Å². The SMILES string of the molecule is O=C(CCN1CCNCC1c1ccccc1Cl)Nc1cccnc1. The number of hydrogen-bond donors (Lipinski definition) is 2. The summed E-state index contributed by atoms with van der Waals surface area (Å²) in [6.45, 7) is 3.36. The van der Waals surface area contributed by atoms with Crippen LogP contribution in [0.4, 0.5) is 5.69 Å². The Kier molecular flexibility index (Phi) is 5.80. The summed E-state index contributed by atoms with van der Waals surface area (Å²) in [6, 6.07) is 11.7. The van der Waals surface area contributed by atoms with Crippen molar-refractivity contribution in [3.63, 3.8) is 0 Å². The maximum Gasteiger partial charge on any atom is 0.225 e. The van der Waals surface area contributed by atoms with Gasteiger partial charge in [-0.2, -0.15) is 0 Å². The van der Waals surface area contributed by atoms with Crippen molar-refractivity contribution < 1.29 is 4.79 Å². The van der Waals surface area contributed by atoms with E-state index in [0.717, 1.165) is 35.9 Å². The molecule has 6 heteroatoms. The van der Waals surface area contributed by atoms with Crippen molar-refractivity contribution in [2.45, 2.75) is 12.5 Å². The van der Waals surface area contributed by atoms with Gasteiger partial charge in [0.1, 0.15) is 0 Å². The van der Waals surface area contributed by atoms with Gasteiger partial charge in [-0.05, 0) is 23.8 Å². The molecule has 1 aliphatic rings. The fourth-order valence-corrected chi connectivity index (χ4v) is 3.23. The summed E-state index contributed by atoms with van der Waals surface area (Å²) in [6.07, 6.45) is 3.77. The highest BCUT2D eigenvalue weighted by Gasteiger charge is 2.25. The summed E-state index contributed by atoms with van der Waals surface area (Å²) >= 11 is 6.35. The van der Waals surface area contributed by atoms with Crippen LogP contribution in [0.3, 0.4) is 0 Å². The van der Waals surface area contributed by atoms with Gasteiger partial charge in [0.05, 0.1) is 11.9 Å². The molecule has 0 aliphatic carbocycles. The number of nitrogens with zero attached hydrogens (tertiary/aromatic N) is 2. The number of amides is 1. The molecule has 0 saturated carbocycles. The Morgan fingerprint density at radius 2 is 2.21 bits per heavy atom. The van der Waals surface area contributed by atoms with Gasteiger partial charge < -0.3 is 10.6 Å². The van der Waals surface area contributed by atoms with Gasteiger partial charge in [0.2, 0.25) is 5.91 Å². The number of pyridine rings is 1. The van der Waals surface area contributed by atoms with E-state index in [1.54, 1.807) is 18.5 Å². The van der Waals surface area contributed by atoms with E-state index in [0.29, 0.717) is 13.0 Å². The molecular weight excluding hydrogens is 324 g/mol. The molecule has 0 radical (unpaired) electrons. The largest absolute Gasteiger partial charge is 0.325 e. The Morgan fingerprint density at radius 1 is 1.33 bits per heavy atom. The molecule has 1 aromatic heterocycles. The zero-order chi connectivity index (χ0) is 16.8. The first-order valence-corrected chi connectivity index (χ1v) is 8.51. The van der Waals surface area contributed by atoms with Gasteiger partial charge in [0, 0.05) is 49.9 Å². The number of nitrogens with one attached hydrogen (secondary N) is 2. The maximum atomic E-state index is 12.2. The Hall–Kier alpha value is -1.95. The highest BCUT2D eigenvalue weighted by atomic mass is 35.5. The van der Waals surface area contributed by atoms with Crippen LogP contribution in [-0.4, -0.2) is 42.0 Å². The van der Waals surface area contributed by atoms with Crippen molar-refractivity contribution in [1.82, 2.24) is 15.2 Å². The summed E-state index contributed by atoms with van der Waals surface area (Å²) in [5, 5.41) is 7.06. The first-order valence-electron chi connectivity index (χ1n) is 8.13. The minimum atomic E-state index is -0.000517. The average Bonchev–Trinajstić information content (AvgIpc) is 2.62. The molecule has 1 saturated heterocycles. The van der Waals surface area contributed by atoms with Crippen LogP contribution in [-0.2, 0) is 4.79 Å². The lowest BCUT2D eigenvalue weighted by Crippen LogP contribution is -2.46. The molecule has 126 valence electrons. The quantitative estimate of drug-likeness (QED) is 0.875. The standard InChI is InChI=1S/C18H21ClN4O/c19-16-6-2-1-5-15(16)17-13-21-9-11-23(17)10-7-18(24)22-14-4-3-8-20-12-14/h1-6,8,12,17,21H,7,9-11,13H2,(H,22,24). The van der Waals surface area contributed by atoms with E-state index in [-0.39, 0.29) is 11.9 Å². The predicted octanol–water partition coefficient (Wildman–Crippen LogP) is 2.71. The molecule has 2 aromatic rings. The average molecular weight is 345 g/mol. The molecular formula is C18H21ClN4O. The number of aromatic nitrogens is 1. The molecule has 5 nitrogen and oxygen atoms in total. The number of carbonyl (C=O) groups is 1. The Labute approximate surface area is 147 Å². The van der Waals surface area contributed by atoms with E-state index in [1.807, 2.05) is 24.3 Å². The molecule has 1 aromatic carbocycles. The zero-order valence-corrected chi connectivity index (χ0v) is 14.2. The van der Waals surface area contributed by atoms with Crippen molar-refractivity contribution in [3.05, 3.63) is 59.4 Å². The molecule has 2 N–H and O–H groups in total. The lowest BCUT2D eigenvalue weighted by molar-refractivity contribution is -0.116. The second-order valence-electron chi connectivity index (χ2n) is 5.82. The maximum absolute atomic E-state index is 12.2.